The number of halogens is 3. The van der Waals surface area contributed by atoms with Gasteiger partial charge in [0.15, 0.2) is 0 Å². The largest absolute Gasteiger partial charge is 0.416 e. The minimum atomic E-state index is -4.44. The fraction of sp³-hybridized carbons (Fsp3) is 0.350. The van der Waals surface area contributed by atoms with Crippen LogP contribution in [0.4, 0.5) is 18.9 Å². The van der Waals surface area contributed by atoms with Gasteiger partial charge in [-0.2, -0.15) is 13.2 Å². The van der Waals surface area contributed by atoms with Crippen LogP contribution in [0.25, 0.3) is 0 Å². The van der Waals surface area contributed by atoms with E-state index in [1.54, 1.807) is 0 Å². The van der Waals surface area contributed by atoms with E-state index in [0.29, 0.717) is 6.54 Å². The molecular formula is C20H21F3N4O3S2. The van der Waals surface area contributed by atoms with Crippen molar-refractivity contribution >= 4 is 46.5 Å². The highest BCUT2D eigenvalue weighted by Gasteiger charge is 2.30. The van der Waals surface area contributed by atoms with Gasteiger partial charge >= 0.3 is 6.18 Å². The molecule has 0 spiro atoms. The molecule has 2 unspecified atom stereocenters. The lowest BCUT2D eigenvalue weighted by atomic mass is 10.1. The Morgan fingerprint density at radius 2 is 1.91 bits per heavy atom. The molecule has 2 atom stereocenters. The summed E-state index contributed by atoms with van der Waals surface area (Å²) in [6, 6.07) is 7.57. The molecule has 0 bridgehead atoms. The molecule has 1 aromatic carbocycles. The molecule has 2 heterocycles. The Morgan fingerprint density at radius 1 is 1.16 bits per heavy atom. The summed E-state index contributed by atoms with van der Waals surface area (Å²) >= 11 is 2.65. The fourth-order valence-corrected chi connectivity index (χ4v) is 4.50. The summed E-state index contributed by atoms with van der Waals surface area (Å²) in [4.78, 5) is 37.3. The number of carbonyl (C=O) groups is 3. The summed E-state index contributed by atoms with van der Waals surface area (Å²) in [5.74, 6) is -0.896. The predicted molar refractivity (Wildman–Crippen MR) is 117 cm³/mol. The lowest BCUT2D eigenvalue weighted by Crippen LogP contribution is -2.56. The summed E-state index contributed by atoms with van der Waals surface area (Å²) in [7, 11) is 0. The number of alkyl halides is 3. The molecule has 32 heavy (non-hydrogen) atoms. The van der Waals surface area contributed by atoms with Crippen molar-refractivity contribution in [2.24, 2.45) is 0 Å². The van der Waals surface area contributed by atoms with Gasteiger partial charge in [0.1, 0.15) is 5.50 Å². The van der Waals surface area contributed by atoms with Gasteiger partial charge in [0.2, 0.25) is 17.7 Å². The minimum Gasteiger partial charge on any atom is -0.351 e. The van der Waals surface area contributed by atoms with Crippen LogP contribution in [0.5, 0.6) is 0 Å². The maximum atomic E-state index is 12.6. The number of nitrogens with one attached hydrogen (secondary N) is 4. The molecule has 1 fully saturated rings. The van der Waals surface area contributed by atoms with Crippen LogP contribution in [0, 0.1) is 0 Å². The molecule has 4 N–H and O–H groups in total. The van der Waals surface area contributed by atoms with Crippen molar-refractivity contribution in [2.75, 3.05) is 11.1 Å². The van der Waals surface area contributed by atoms with Gasteiger partial charge in [-0.3, -0.25) is 19.7 Å². The first kappa shape index (κ1) is 24.1. The highest BCUT2D eigenvalue weighted by molar-refractivity contribution is 8.00. The number of thiophene rings is 1. The normalized spacial score (nSPS) is 18.7. The Bertz CT molecular complexity index is 937. The van der Waals surface area contributed by atoms with Crippen LogP contribution in [0.15, 0.2) is 41.8 Å². The molecule has 0 aliphatic carbocycles. The summed E-state index contributed by atoms with van der Waals surface area (Å²) in [6.07, 6.45) is -4.19. The second-order valence-electron chi connectivity index (χ2n) is 7.01. The zero-order valence-electron chi connectivity index (χ0n) is 16.7. The van der Waals surface area contributed by atoms with E-state index >= 15 is 0 Å². The number of thioether (sulfide) groups is 1. The van der Waals surface area contributed by atoms with Crippen LogP contribution < -0.4 is 21.3 Å². The summed E-state index contributed by atoms with van der Waals surface area (Å²) in [6.45, 7) is 0.428. The highest BCUT2D eigenvalue weighted by atomic mass is 32.2. The van der Waals surface area contributed by atoms with Crippen LogP contribution in [-0.2, 0) is 27.1 Å². The highest BCUT2D eigenvalue weighted by Crippen LogP contribution is 2.29. The van der Waals surface area contributed by atoms with Crippen molar-refractivity contribution < 1.29 is 27.6 Å². The van der Waals surface area contributed by atoms with Gasteiger partial charge in [0.25, 0.3) is 0 Å². The Labute approximate surface area is 190 Å². The Morgan fingerprint density at radius 3 is 2.56 bits per heavy atom. The molecule has 1 aliphatic rings. The third-order valence-electron chi connectivity index (χ3n) is 4.46. The molecule has 1 saturated heterocycles. The number of anilines is 1. The smallest absolute Gasteiger partial charge is 0.351 e. The lowest BCUT2D eigenvalue weighted by Gasteiger charge is -2.30. The number of hydrogen-bond acceptors (Lipinski definition) is 6. The van der Waals surface area contributed by atoms with Crippen molar-refractivity contribution in [3.8, 4) is 0 Å². The summed E-state index contributed by atoms with van der Waals surface area (Å²) in [5, 5.41) is 13.1. The molecular weight excluding hydrogens is 465 g/mol. The molecule has 1 aliphatic heterocycles. The van der Waals surface area contributed by atoms with Gasteiger partial charge < -0.3 is 16.0 Å². The molecule has 3 rings (SSSR count). The minimum absolute atomic E-state index is 0.0454. The van der Waals surface area contributed by atoms with Crippen molar-refractivity contribution in [1.82, 2.24) is 16.0 Å². The molecule has 7 nitrogen and oxygen atoms in total. The molecule has 0 saturated carbocycles. The third kappa shape index (κ3) is 7.53. The van der Waals surface area contributed by atoms with E-state index in [9.17, 15) is 27.6 Å². The Hall–Kier alpha value is -2.57. The van der Waals surface area contributed by atoms with Gasteiger partial charge in [-0.05, 0) is 35.7 Å². The van der Waals surface area contributed by atoms with Crippen LogP contribution in [0.2, 0.25) is 0 Å². The first-order valence-electron chi connectivity index (χ1n) is 9.62. The average molecular weight is 487 g/mol. The lowest BCUT2D eigenvalue weighted by molar-refractivity contribution is -0.137. The molecule has 2 aromatic rings. The Balaban J connectivity index is 1.42. The van der Waals surface area contributed by atoms with Gasteiger partial charge in [-0.15, -0.1) is 23.1 Å². The SMILES string of the molecule is O=C(CC1CC(=O)NC(SCC(=O)Nc2ccc(C(F)(F)F)cc2)N1)NCc1cccs1. The van der Waals surface area contributed by atoms with Crippen molar-refractivity contribution in [3.63, 3.8) is 0 Å². The fourth-order valence-electron chi connectivity index (χ4n) is 2.96. The van der Waals surface area contributed by atoms with Crippen molar-refractivity contribution in [3.05, 3.63) is 52.2 Å². The molecule has 3 amide bonds. The zero-order chi connectivity index (χ0) is 23.1. The number of hydrogen-bond donors (Lipinski definition) is 4. The first-order valence-corrected chi connectivity index (χ1v) is 11.5. The van der Waals surface area contributed by atoms with Crippen LogP contribution in [0.1, 0.15) is 23.3 Å². The van der Waals surface area contributed by atoms with E-state index in [-0.39, 0.29) is 42.1 Å². The van der Waals surface area contributed by atoms with Crippen molar-refractivity contribution in [2.45, 2.75) is 37.1 Å². The van der Waals surface area contributed by atoms with Crippen molar-refractivity contribution in [1.29, 1.82) is 0 Å². The standard InChI is InChI=1S/C20H21F3N4O3S2/c21-20(22,23)12-3-5-13(6-4-12)25-18(30)11-32-19-26-14(9-17(29)27-19)8-16(28)24-10-15-2-1-7-31-15/h1-7,14,19,26H,8-11H2,(H,24,28)(H,25,30)(H,27,29). The predicted octanol–water partition coefficient (Wildman–Crippen LogP) is 2.91. The topological polar surface area (TPSA) is 99.3 Å². The first-order chi connectivity index (χ1) is 15.2. The van der Waals surface area contributed by atoms with Crippen LogP contribution in [-0.4, -0.2) is 35.0 Å². The number of rotatable bonds is 8. The van der Waals surface area contributed by atoms with Gasteiger partial charge in [0.05, 0.1) is 17.9 Å². The number of benzene rings is 1. The van der Waals surface area contributed by atoms with Crippen LogP contribution in [0.3, 0.4) is 0 Å². The Kier molecular flexibility index (Phi) is 8.15. The van der Waals surface area contributed by atoms with Gasteiger partial charge in [0, 0.05) is 29.4 Å². The van der Waals surface area contributed by atoms with Crippen LogP contribution >= 0.6 is 23.1 Å². The van der Waals surface area contributed by atoms with E-state index < -0.39 is 23.1 Å². The molecule has 172 valence electrons. The quantitative estimate of drug-likeness (QED) is 0.460. The molecule has 0 radical (unpaired) electrons. The average Bonchev–Trinajstić information content (AvgIpc) is 3.24. The van der Waals surface area contributed by atoms with E-state index in [2.05, 4.69) is 21.3 Å². The summed E-state index contributed by atoms with van der Waals surface area (Å²) < 4.78 is 37.8. The second-order valence-corrected chi connectivity index (χ2v) is 9.14. The van der Waals surface area contributed by atoms with E-state index in [1.165, 1.54) is 23.5 Å². The van der Waals surface area contributed by atoms with Gasteiger partial charge in [-0.25, -0.2) is 0 Å². The summed E-state index contributed by atoms with van der Waals surface area (Å²) in [5.41, 5.74) is -1.13. The zero-order valence-corrected chi connectivity index (χ0v) is 18.3. The monoisotopic (exact) mass is 486 g/mol. The van der Waals surface area contributed by atoms with E-state index in [4.69, 9.17) is 0 Å². The number of carbonyl (C=O) groups excluding carboxylic acids is 3. The second kappa shape index (κ2) is 10.8. The number of amides is 3. The maximum Gasteiger partial charge on any atom is 0.416 e. The maximum absolute atomic E-state index is 12.6. The third-order valence-corrected chi connectivity index (χ3v) is 6.35. The van der Waals surface area contributed by atoms with Gasteiger partial charge in [-0.1, -0.05) is 6.07 Å². The molecule has 1 aromatic heterocycles. The van der Waals surface area contributed by atoms with E-state index in [1.807, 2.05) is 17.5 Å². The molecule has 12 heteroatoms. The van der Waals surface area contributed by atoms with E-state index in [0.717, 1.165) is 28.8 Å².